The number of hydrogen-bond acceptors (Lipinski definition) is 1. The Bertz CT molecular complexity index is 375. The fraction of sp³-hybridized carbons (Fsp3) is 0.300. The van der Waals surface area contributed by atoms with Crippen LogP contribution in [0.1, 0.15) is 11.1 Å². The Hall–Kier alpha value is -1.24. The molecule has 0 amide bonds. The van der Waals surface area contributed by atoms with E-state index in [0.717, 1.165) is 12.1 Å². The molecule has 0 atom stereocenters. The zero-order chi connectivity index (χ0) is 13.5. The van der Waals surface area contributed by atoms with E-state index >= 15 is 0 Å². The third kappa shape index (κ3) is 2.24. The number of alkyl halides is 6. The van der Waals surface area contributed by atoms with Gasteiger partial charge in [0.05, 0.1) is 0 Å². The second-order valence-corrected chi connectivity index (χ2v) is 3.40. The van der Waals surface area contributed by atoms with Gasteiger partial charge in [0.25, 0.3) is 5.60 Å². The maximum atomic E-state index is 12.4. The fourth-order valence-corrected chi connectivity index (χ4v) is 1.23. The molecular weight excluding hydrogens is 250 g/mol. The van der Waals surface area contributed by atoms with Crippen LogP contribution in [0.3, 0.4) is 0 Å². The minimum atomic E-state index is -5.85. The highest BCUT2D eigenvalue weighted by Crippen LogP contribution is 2.49. The van der Waals surface area contributed by atoms with Crippen molar-refractivity contribution in [3.05, 3.63) is 42.3 Å². The Balaban J connectivity index is 3.41. The van der Waals surface area contributed by atoms with Gasteiger partial charge in [0.15, 0.2) is 0 Å². The molecule has 7 heteroatoms. The Labute approximate surface area is 92.7 Å². The summed E-state index contributed by atoms with van der Waals surface area (Å²) in [5, 5.41) is 8.98. The van der Waals surface area contributed by atoms with E-state index in [9.17, 15) is 26.3 Å². The molecule has 17 heavy (non-hydrogen) atoms. The first-order valence-corrected chi connectivity index (χ1v) is 4.28. The Morgan fingerprint density at radius 1 is 0.824 bits per heavy atom. The minimum Gasteiger partial charge on any atom is -0.369 e. The van der Waals surface area contributed by atoms with E-state index in [1.807, 2.05) is 0 Å². The molecule has 0 unspecified atom stereocenters. The molecule has 1 aromatic rings. The maximum absolute atomic E-state index is 12.4. The van der Waals surface area contributed by atoms with Crippen LogP contribution in [0.15, 0.2) is 24.3 Å². The van der Waals surface area contributed by atoms with Gasteiger partial charge in [-0.05, 0) is 12.5 Å². The molecule has 1 rings (SSSR count). The predicted molar refractivity (Wildman–Crippen MR) is 46.9 cm³/mol. The highest BCUT2D eigenvalue weighted by Gasteiger charge is 2.71. The van der Waals surface area contributed by atoms with Crippen molar-refractivity contribution < 1.29 is 31.4 Å². The van der Waals surface area contributed by atoms with Crippen molar-refractivity contribution in [1.29, 1.82) is 0 Å². The van der Waals surface area contributed by atoms with Crippen molar-refractivity contribution in [2.45, 2.75) is 18.0 Å². The Kier molecular flexibility index (Phi) is 3.17. The molecule has 0 fully saturated rings. The fourth-order valence-electron chi connectivity index (χ4n) is 1.23. The molecule has 0 spiro atoms. The summed E-state index contributed by atoms with van der Waals surface area (Å²) in [4.78, 5) is 0. The van der Waals surface area contributed by atoms with E-state index in [1.165, 1.54) is 0 Å². The third-order valence-electron chi connectivity index (χ3n) is 2.19. The number of halogens is 6. The van der Waals surface area contributed by atoms with Crippen molar-refractivity contribution in [1.82, 2.24) is 0 Å². The maximum Gasteiger partial charge on any atom is 0.430 e. The standard InChI is InChI=1S/C10H7F6O/c1-6-2-4-7(5-3-6)8(17,9(11,12)13)10(14,15)16/h2-5,17H,1H2. The van der Waals surface area contributed by atoms with Crippen molar-refractivity contribution in [2.75, 3.05) is 0 Å². The van der Waals surface area contributed by atoms with Crippen molar-refractivity contribution in [3.63, 3.8) is 0 Å². The van der Waals surface area contributed by atoms with Crippen molar-refractivity contribution in [3.8, 4) is 0 Å². The van der Waals surface area contributed by atoms with Gasteiger partial charge in [0.2, 0.25) is 0 Å². The van der Waals surface area contributed by atoms with Crippen molar-refractivity contribution in [2.24, 2.45) is 0 Å². The smallest absolute Gasteiger partial charge is 0.369 e. The summed E-state index contributed by atoms with van der Waals surface area (Å²) < 4.78 is 74.4. The summed E-state index contributed by atoms with van der Waals surface area (Å²) in [5.41, 5.74) is -5.92. The molecule has 95 valence electrons. The van der Waals surface area contributed by atoms with Crippen LogP contribution in [0.5, 0.6) is 0 Å². The zero-order valence-electron chi connectivity index (χ0n) is 8.23. The topological polar surface area (TPSA) is 20.2 Å². The van der Waals surface area contributed by atoms with Gasteiger partial charge in [-0.1, -0.05) is 24.3 Å². The highest BCUT2D eigenvalue weighted by molar-refractivity contribution is 5.31. The summed E-state index contributed by atoms with van der Waals surface area (Å²) in [6.07, 6.45) is -11.7. The van der Waals surface area contributed by atoms with Crippen LogP contribution in [0.25, 0.3) is 0 Å². The second-order valence-electron chi connectivity index (χ2n) is 3.40. The SMILES string of the molecule is [CH2]c1ccc(C(O)(C(F)(F)F)C(F)(F)F)cc1. The van der Waals surface area contributed by atoms with Crippen LogP contribution in [0, 0.1) is 6.92 Å². The van der Waals surface area contributed by atoms with Crippen LogP contribution in [-0.2, 0) is 5.60 Å². The highest BCUT2D eigenvalue weighted by atomic mass is 19.4. The van der Waals surface area contributed by atoms with E-state index in [4.69, 9.17) is 5.11 Å². The van der Waals surface area contributed by atoms with Gasteiger partial charge in [0, 0.05) is 5.56 Å². The monoisotopic (exact) mass is 257 g/mol. The zero-order valence-corrected chi connectivity index (χ0v) is 8.23. The van der Waals surface area contributed by atoms with Gasteiger partial charge in [-0.25, -0.2) is 0 Å². The third-order valence-corrected chi connectivity index (χ3v) is 2.19. The Morgan fingerprint density at radius 2 is 1.18 bits per heavy atom. The molecule has 0 saturated heterocycles. The van der Waals surface area contributed by atoms with Crippen LogP contribution < -0.4 is 0 Å². The summed E-state index contributed by atoms with van der Waals surface area (Å²) >= 11 is 0. The van der Waals surface area contributed by atoms with Gasteiger partial charge < -0.3 is 5.11 Å². The lowest BCUT2D eigenvalue weighted by Crippen LogP contribution is -2.53. The lowest BCUT2D eigenvalue weighted by molar-refractivity contribution is -0.376. The lowest BCUT2D eigenvalue weighted by Gasteiger charge is -2.32. The van der Waals surface area contributed by atoms with Crippen molar-refractivity contribution >= 4 is 0 Å². The Morgan fingerprint density at radius 3 is 1.47 bits per heavy atom. The number of hydrogen-bond donors (Lipinski definition) is 1. The van der Waals surface area contributed by atoms with Gasteiger partial charge in [-0.15, -0.1) is 0 Å². The summed E-state index contributed by atoms with van der Waals surface area (Å²) in [7, 11) is 0. The molecule has 0 aliphatic rings. The summed E-state index contributed by atoms with van der Waals surface area (Å²) in [6.45, 7) is 3.32. The van der Waals surface area contributed by atoms with E-state index in [-0.39, 0.29) is 5.56 Å². The van der Waals surface area contributed by atoms with Gasteiger partial charge in [-0.2, -0.15) is 26.3 Å². The second kappa shape index (κ2) is 3.90. The van der Waals surface area contributed by atoms with Crippen LogP contribution in [0.4, 0.5) is 26.3 Å². The van der Waals surface area contributed by atoms with Gasteiger partial charge in [0.1, 0.15) is 0 Å². The largest absolute Gasteiger partial charge is 0.430 e. The van der Waals surface area contributed by atoms with E-state index < -0.39 is 23.5 Å². The van der Waals surface area contributed by atoms with Crippen LogP contribution >= 0.6 is 0 Å². The van der Waals surface area contributed by atoms with Crippen LogP contribution in [0.2, 0.25) is 0 Å². The molecule has 0 saturated carbocycles. The molecular formula is C10H7F6O. The molecule has 0 heterocycles. The minimum absolute atomic E-state index is 0.237. The van der Waals surface area contributed by atoms with Crippen LogP contribution in [-0.4, -0.2) is 17.5 Å². The lowest BCUT2D eigenvalue weighted by atomic mass is 9.92. The molecule has 0 aliphatic heterocycles. The van der Waals surface area contributed by atoms with Gasteiger partial charge >= 0.3 is 12.4 Å². The number of aliphatic hydroxyl groups is 1. The molecule has 1 aromatic carbocycles. The summed E-state index contributed by atoms with van der Waals surface area (Å²) in [6, 6.07) is 3.00. The first kappa shape index (κ1) is 13.8. The normalized spacial score (nSPS) is 13.9. The average molecular weight is 257 g/mol. The molecule has 1 nitrogen and oxygen atoms in total. The quantitative estimate of drug-likeness (QED) is 0.766. The molecule has 1 N–H and O–H groups in total. The average Bonchev–Trinajstić information content (AvgIpc) is 2.14. The van der Waals surface area contributed by atoms with E-state index in [2.05, 4.69) is 6.92 Å². The molecule has 0 aliphatic carbocycles. The number of rotatable bonds is 1. The summed E-state index contributed by atoms with van der Waals surface area (Å²) in [5.74, 6) is 0. The predicted octanol–water partition coefficient (Wildman–Crippen LogP) is 3.18. The van der Waals surface area contributed by atoms with E-state index in [1.54, 1.807) is 0 Å². The molecule has 0 aromatic heterocycles. The molecule has 0 bridgehead atoms. The van der Waals surface area contributed by atoms with E-state index in [0.29, 0.717) is 12.1 Å². The van der Waals surface area contributed by atoms with Gasteiger partial charge in [-0.3, -0.25) is 0 Å². The number of benzene rings is 1. The first-order valence-electron chi connectivity index (χ1n) is 4.28. The molecule has 1 radical (unpaired) electrons. The first-order chi connectivity index (χ1) is 7.50.